The van der Waals surface area contributed by atoms with Gasteiger partial charge in [0.2, 0.25) is 5.91 Å². The summed E-state index contributed by atoms with van der Waals surface area (Å²) in [6.07, 6.45) is -0.883. The van der Waals surface area contributed by atoms with E-state index in [1.54, 1.807) is 14.1 Å². The van der Waals surface area contributed by atoms with Crippen LogP contribution in [0.1, 0.15) is 22.6 Å². The molecule has 0 aliphatic carbocycles. The summed E-state index contributed by atoms with van der Waals surface area (Å²) in [6, 6.07) is 18.6. The zero-order valence-corrected chi connectivity index (χ0v) is 21.6. The van der Waals surface area contributed by atoms with Crippen LogP contribution in [0.3, 0.4) is 0 Å². The van der Waals surface area contributed by atoms with Crippen molar-refractivity contribution >= 4 is 17.7 Å². The Morgan fingerprint density at radius 3 is 2.30 bits per heavy atom. The van der Waals surface area contributed by atoms with Crippen molar-refractivity contribution in [2.24, 2.45) is 0 Å². The van der Waals surface area contributed by atoms with Crippen LogP contribution < -0.4 is 10.6 Å². The van der Waals surface area contributed by atoms with Crippen LogP contribution in [0.5, 0.6) is 0 Å². The van der Waals surface area contributed by atoms with E-state index in [4.69, 9.17) is 9.72 Å². The number of nitrogens with one attached hydrogen (secondary N) is 2. The summed E-state index contributed by atoms with van der Waals surface area (Å²) in [5.41, 5.74) is 3.98. The molecular weight excluding hydrogens is 470 g/mol. The molecule has 3 atom stereocenters. The van der Waals surface area contributed by atoms with E-state index in [0.717, 1.165) is 28.5 Å². The first-order valence-corrected chi connectivity index (χ1v) is 12.3. The average molecular weight is 504 g/mol. The first kappa shape index (κ1) is 26.1. The third kappa shape index (κ3) is 6.42. The SMILES string of the molecule is Cc1ccc(C)n1-c1cccc(CCNC(=O)C2OC2C(=O)N[C@@H](Cc2ccccc2)C(=O)N(C)C)n1. The smallest absolute Gasteiger partial charge is 0.253 e. The minimum absolute atomic E-state index is 0.223. The van der Waals surface area contributed by atoms with Crippen molar-refractivity contribution in [1.82, 2.24) is 25.1 Å². The molecule has 2 aromatic heterocycles. The Bertz CT molecular complexity index is 1250. The van der Waals surface area contributed by atoms with Crippen LogP contribution in [0.25, 0.3) is 5.82 Å². The molecule has 0 radical (unpaired) electrons. The lowest BCUT2D eigenvalue weighted by molar-refractivity contribution is -0.134. The van der Waals surface area contributed by atoms with Gasteiger partial charge in [0.25, 0.3) is 11.8 Å². The average Bonchev–Trinajstić information content (AvgIpc) is 3.62. The second kappa shape index (κ2) is 11.4. The van der Waals surface area contributed by atoms with Crippen molar-refractivity contribution in [2.75, 3.05) is 20.6 Å². The van der Waals surface area contributed by atoms with E-state index >= 15 is 0 Å². The topological polar surface area (TPSA) is 109 Å². The van der Waals surface area contributed by atoms with Crippen LogP contribution in [0.4, 0.5) is 0 Å². The molecule has 3 heterocycles. The van der Waals surface area contributed by atoms with Gasteiger partial charge in [-0.1, -0.05) is 36.4 Å². The lowest BCUT2D eigenvalue weighted by Crippen LogP contribution is -2.49. The molecule has 3 amide bonds. The van der Waals surface area contributed by atoms with Crippen molar-refractivity contribution < 1.29 is 19.1 Å². The predicted molar refractivity (Wildman–Crippen MR) is 139 cm³/mol. The summed E-state index contributed by atoms with van der Waals surface area (Å²) in [7, 11) is 3.28. The molecule has 1 aliphatic rings. The molecule has 9 nitrogen and oxygen atoms in total. The Hall–Kier alpha value is -3.98. The fourth-order valence-electron chi connectivity index (χ4n) is 4.30. The number of likely N-dealkylation sites (N-methyl/N-ethyl adjacent to an activating group) is 1. The van der Waals surface area contributed by atoms with Gasteiger partial charge in [-0.05, 0) is 43.7 Å². The first-order valence-electron chi connectivity index (χ1n) is 12.3. The number of amides is 3. The Kier molecular flexibility index (Phi) is 8.03. The second-order valence-corrected chi connectivity index (χ2v) is 9.44. The summed E-state index contributed by atoms with van der Waals surface area (Å²) in [5, 5.41) is 5.58. The first-order chi connectivity index (χ1) is 17.7. The Morgan fingerprint density at radius 2 is 1.62 bits per heavy atom. The van der Waals surface area contributed by atoms with Crippen molar-refractivity contribution in [2.45, 2.75) is 44.9 Å². The highest BCUT2D eigenvalue weighted by Crippen LogP contribution is 2.23. The Balaban J connectivity index is 1.28. The van der Waals surface area contributed by atoms with Gasteiger partial charge in [-0.3, -0.25) is 14.4 Å². The van der Waals surface area contributed by atoms with Crippen LogP contribution in [-0.2, 0) is 32.0 Å². The van der Waals surface area contributed by atoms with E-state index in [9.17, 15) is 14.4 Å². The number of hydrogen-bond donors (Lipinski definition) is 2. The van der Waals surface area contributed by atoms with Gasteiger partial charge < -0.3 is 24.8 Å². The molecule has 9 heteroatoms. The zero-order chi connectivity index (χ0) is 26.5. The van der Waals surface area contributed by atoms with E-state index in [1.165, 1.54) is 4.90 Å². The lowest BCUT2D eigenvalue weighted by Gasteiger charge is -2.21. The van der Waals surface area contributed by atoms with Crippen LogP contribution >= 0.6 is 0 Å². The van der Waals surface area contributed by atoms with E-state index in [-0.39, 0.29) is 11.8 Å². The van der Waals surface area contributed by atoms with E-state index < -0.39 is 24.2 Å². The molecule has 0 bridgehead atoms. The van der Waals surface area contributed by atoms with Crippen LogP contribution in [-0.4, -0.2) is 71.1 Å². The maximum absolute atomic E-state index is 12.7. The zero-order valence-electron chi connectivity index (χ0n) is 21.6. The van der Waals surface area contributed by atoms with Crippen molar-refractivity contribution in [1.29, 1.82) is 0 Å². The molecule has 2 unspecified atom stereocenters. The van der Waals surface area contributed by atoms with Gasteiger partial charge in [-0.25, -0.2) is 4.98 Å². The van der Waals surface area contributed by atoms with Crippen molar-refractivity contribution in [3.63, 3.8) is 0 Å². The molecule has 1 saturated heterocycles. The van der Waals surface area contributed by atoms with Crippen LogP contribution in [0.15, 0.2) is 60.7 Å². The molecule has 194 valence electrons. The van der Waals surface area contributed by atoms with E-state index in [2.05, 4.69) is 15.2 Å². The molecule has 37 heavy (non-hydrogen) atoms. The Morgan fingerprint density at radius 1 is 0.946 bits per heavy atom. The molecule has 1 aliphatic heterocycles. The number of carbonyl (C=O) groups excluding carboxylic acids is 3. The summed E-state index contributed by atoms with van der Waals surface area (Å²) in [5.74, 6) is -0.211. The molecule has 1 fully saturated rings. The van der Waals surface area contributed by atoms with Gasteiger partial charge in [0.05, 0.1) is 0 Å². The number of carbonyl (C=O) groups is 3. The number of nitrogens with zero attached hydrogens (tertiary/aromatic N) is 3. The van der Waals surface area contributed by atoms with Crippen LogP contribution in [0, 0.1) is 13.8 Å². The third-order valence-corrected chi connectivity index (χ3v) is 6.32. The molecule has 0 spiro atoms. The van der Waals surface area contributed by atoms with Crippen molar-refractivity contribution in [3.8, 4) is 5.82 Å². The van der Waals surface area contributed by atoms with E-state index in [1.807, 2.05) is 74.5 Å². The number of pyridine rings is 1. The molecule has 2 N–H and O–H groups in total. The normalized spacial score (nSPS) is 17.1. The number of ether oxygens (including phenoxy) is 1. The molecule has 3 aromatic rings. The minimum atomic E-state index is -0.908. The van der Waals surface area contributed by atoms with Gasteiger partial charge in [0, 0.05) is 50.6 Å². The van der Waals surface area contributed by atoms with Gasteiger partial charge >= 0.3 is 0 Å². The number of benzene rings is 1. The summed E-state index contributed by atoms with van der Waals surface area (Å²) >= 11 is 0. The standard InChI is InChI=1S/C28H33N5O4/c1-18-13-14-19(2)33(18)23-12-8-11-21(30-23)15-16-29-26(34)24-25(37-24)27(35)31-22(28(36)32(3)4)17-20-9-6-5-7-10-20/h5-14,22,24-25H,15-17H2,1-4H3,(H,29,34)(H,31,35)/t22-,24?,25?/m0/s1. The van der Waals surface area contributed by atoms with E-state index in [0.29, 0.717) is 19.4 Å². The number of rotatable bonds is 10. The second-order valence-electron chi connectivity index (χ2n) is 9.44. The molecular formula is C28H33N5O4. The van der Waals surface area contributed by atoms with Gasteiger partial charge in [-0.2, -0.15) is 0 Å². The predicted octanol–water partition coefficient (Wildman–Crippen LogP) is 1.73. The molecule has 1 aromatic carbocycles. The summed E-state index contributed by atoms with van der Waals surface area (Å²) < 4.78 is 7.44. The highest BCUT2D eigenvalue weighted by atomic mass is 16.6. The highest BCUT2D eigenvalue weighted by Gasteiger charge is 2.50. The van der Waals surface area contributed by atoms with Crippen LogP contribution in [0.2, 0.25) is 0 Å². The maximum Gasteiger partial charge on any atom is 0.253 e. The summed E-state index contributed by atoms with van der Waals surface area (Å²) in [6.45, 7) is 4.43. The quantitative estimate of drug-likeness (QED) is 0.410. The van der Waals surface area contributed by atoms with Gasteiger partial charge in [-0.15, -0.1) is 0 Å². The summed E-state index contributed by atoms with van der Waals surface area (Å²) in [4.78, 5) is 44.1. The fourth-order valence-corrected chi connectivity index (χ4v) is 4.30. The van der Waals surface area contributed by atoms with Crippen molar-refractivity contribution in [3.05, 3.63) is 83.3 Å². The highest BCUT2D eigenvalue weighted by molar-refractivity contribution is 5.97. The third-order valence-electron chi connectivity index (χ3n) is 6.32. The fraction of sp³-hybridized carbons (Fsp3) is 0.357. The van der Waals surface area contributed by atoms with Gasteiger partial charge in [0.1, 0.15) is 11.9 Å². The number of epoxide rings is 1. The number of aromatic nitrogens is 2. The van der Waals surface area contributed by atoms with Gasteiger partial charge in [0.15, 0.2) is 12.2 Å². The molecule has 4 rings (SSSR count). The largest absolute Gasteiger partial charge is 0.353 e. The monoisotopic (exact) mass is 503 g/mol. The molecule has 0 saturated carbocycles. The number of hydrogen-bond acceptors (Lipinski definition) is 5. The lowest BCUT2D eigenvalue weighted by atomic mass is 10.0. The minimum Gasteiger partial charge on any atom is -0.353 e. The Labute approximate surface area is 216 Å². The maximum atomic E-state index is 12.7. The number of aryl methyl sites for hydroxylation is 2.